The number of pyridine rings is 1. The number of fused-ring (bicyclic) bond motifs is 1. The molecular formula is C22H26N4O2. The molecule has 6 nitrogen and oxygen atoms in total. The molecule has 0 atom stereocenters. The number of aromatic nitrogens is 3. The summed E-state index contributed by atoms with van der Waals surface area (Å²) in [6.45, 7) is 3.00. The summed E-state index contributed by atoms with van der Waals surface area (Å²) in [5.41, 5.74) is 3.62. The quantitative estimate of drug-likeness (QED) is 0.771. The molecule has 6 heteroatoms. The van der Waals surface area contributed by atoms with Crippen LogP contribution in [0.25, 0.3) is 5.82 Å². The lowest BCUT2D eigenvalue weighted by atomic mass is 9.89. The van der Waals surface area contributed by atoms with E-state index in [1.54, 1.807) is 0 Å². The molecule has 0 unspecified atom stereocenters. The van der Waals surface area contributed by atoms with Gasteiger partial charge in [-0.2, -0.15) is 5.10 Å². The van der Waals surface area contributed by atoms with Crippen LogP contribution in [0.4, 0.5) is 0 Å². The average Bonchev–Trinajstić information content (AvgIpc) is 3.42. The van der Waals surface area contributed by atoms with E-state index in [-0.39, 0.29) is 5.92 Å². The number of carbonyl (C=O) groups is 1. The monoisotopic (exact) mass is 378 g/mol. The molecule has 2 aromatic heterocycles. The number of carbonyl (C=O) groups excluding carboxylic acids is 1. The molecule has 0 spiro atoms. The predicted octanol–water partition coefficient (Wildman–Crippen LogP) is 3.01. The van der Waals surface area contributed by atoms with Crippen LogP contribution in [-0.2, 0) is 22.6 Å². The fourth-order valence-corrected chi connectivity index (χ4v) is 4.74. The van der Waals surface area contributed by atoms with Crippen LogP contribution >= 0.6 is 0 Å². The largest absolute Gasteiger partial charge is 0.376 e. The minimum Gasteiger partial charge on any atom is -0.376 e. The number of hydrogen-bond acceptors (Lipinski definition) is 4. The summed E-state index contributed by atoms with van der Waals surface area (Å²) in [5, 5.41) is 4.90. The van der Waals surface area contributed by atoms with E-state index < -0.39 is 0 Å². The standard InChI is InChI=1S/C22H26N4O2/c27-22(17-5-1-2-6-17)25-12-8-16(9-13-25)21-18-15-28-14-10-19(18)24-26(21)20-7-3-4-11-23-20/h1-4,7,11,16-17H,5-6,8-10,12-15H2. The summed E-state index contributed by atoms with van der Waals surface area (Å²) >= 11 is 0. The van der Waals surface area contributed by atoms with Gasteiger partial charge in [0.25, 0.3) is 0 Å². The van der Waals surface area contributed by atoms with Crippen LogP contribution in [0.1, 0.15) is 48.6 Å². The van der Waals surface area contributed by atoms with Gasteiger partial charge in [-0.3, -0.25) is 4.79 Å². The summed E-state index contributed by atoms with van der Waals surface area (Å²) in [6, 6.07) is 5.94. The molecule has 0 saturated carbocycles. The molecule has 3 aliphatic rings. The number of piperidine rings is 1. The Kier molecular flexibility index (Phi) is 4.72. The van der Waals surface area contributed by atoms with Crippen LogP contribution in [0.2, 0.25) is 0 Å². The van der Waals surface area contributed by atoms with Crippen molar-refractivity contribution in [3.8, 4) is 5.82 Å². The smallest absolute Gasteiger partial charge is 0.226 e. The number of ether oxygens (including phenoxy) is 1. The van der Waals surface area contributed by atoms with E-state index >= 15 is 0 Å². The van der Waals surface area contributed by atoms with Crippen molar-refractivity contribution in [2.75, 3.05) is 19.7 Å². The molecule has 1 saturated heterocycles. The topological polar surface area (TPSA) is 60.2 Å². The van der Waals surface area contributed by atoms with Gasteiger partial charge >= 0.3 is 0 Å². The molecule has 2 aromatic rings. The van der Waals surface area contributed by atoms with Crippen LogP contribution < -0.4 is 0 Å². The van der Waals surface area contributed by atoms with Gasteiger partial charge in [-0.25, -0.2) is 9.67 Å². The number of nitrogens with zero attached hydrogens (tertiary/aromatic N) is 4. The van der Waals surface area contributed by atoms with E-state index in [4.69, 9.17) is 9.84 Å². The highest BCUT2D eigenvalue weighted by molar-refractivity contribution is 5.79. The Morgan fingerprint density at radius 2 is 1.96 bits per heavy atom. The van der Waals surface area contributed by atoms with Gasteiger partial charge in [0.1, 0.15) is 0 Å². The van der Waals surface area contributed by atoms with Gasteiger partial charge < -0.3 is 9.64 Å². The van der Waals surface area contributed by atoms with E-state index in [1.807, 2.05) is 29.1 Å². The number of hydrogen-bond donors (Lipinski definition) is 0. The van der Waals surface area contributed by atoms with Gasteiger partial charge in [-0.1, -0.05) is 18.2 Å². The second kappa shape index (κ2) is 7.51. The second-order valence-electron chi connectivity index (χ2n) is 7.95. The fourth-order valence-electron chi connectivity index (χ4n) is 4.74. The summed E-state index contributed by atoms with van der Waals surface area (Å²) < 4.78 is 7.79. The molecule has 1 aliphatic carbocycles. The summed E-state index contributed by atoms with van der Waals surface area (Å²) in [7, 11) is 0. The lowest BCUT2D eigenvalue weighted by Crippen LogP contribution is -2.41. The van der Waals surface area contributed by atoms with E-state index in [0.29, 0.717) is 18.4 Å². The van der Waals surface area contributed by atoms with Crippen LogP contribution in [0.3, 0.4) is 0 Å². The first-order valence-electron chi connectivity index (χ1n) is 10.3. The Balaban J connectivity index is 1.39. The Labute approximate surface area is 165 Å². The zero-order valence-corrected chi connectivity index (χ0v) is 16.1. The van der Waals surface area contributed by atoms with Gasteiger partial charge in [-0.15, -0.1) is 0 Å². The molecule has 4 heterocycles. The molecule has 0 bridgehead atoms. The van der Waals surface area contributed by atoms with E-state index in [1.165, 1.54) is 11.3 Å². The van der Waals surface area contributed by atoms with Gasteiger partial charge in [0.15, 0.2) is 5.82 Å². The first kappa shape index (κ1) is 17.6. The summed E-state index contributed by atoms with van der Waals surface area (Å²) in [6.07, 6.45) is 10.7. The van der Waals surface area contributed by atoms with Crippen molar-refractivity contribution in [3.63, 3.8) is 0 Å². The molecule has 28 heavy (non-hydrogen) atoms. The molecule has 0 N–H and O–H groups in total. The van der Waals surface area contributed by atoms with Crippen molar-refractivity contribution in [1.82, 2.24) is 19.7 Å². The first-order valence-corrected chi connectivity index (χ1v) is 10.3. The van der Waals surface area contributed by atoms with Crippen molar-refractivity contribution in [1.29, 1.82) is 0 Å². The zero-order chi connectivity index (χ0) is 18.9. The SMILES string of the molecule is O=C(C1CC=CC1)N1CCC(c2c3c(nn2-c2ccccn2)CCOC3)CC1. The molecule has 5 rings (SSSR count). The first-order chi connectivity index (χ1) is 13.8. The van der Waals surface area contributed by atoms with Crippen molar-refractivity contribution >= 4 is 5.91 Å². The van der Waals surface area contributed by atoms with E-state index in [9.17, 15) is 4.79 Å². The third-order valence-corrected chi connectivity index (χ3v) is 6.25. The maximum atomic E-state index is 12.8. The van der Waals surface area contributed by atoms with Crippen LogP contribution in [-0.4, -0.2) is 45.3 Å². The van der Waals surface area contributed by atoms with E-state index in [0.717, 1.165) is 63.3 Å². The van der Waals surface area contributed by atoms with Gasteiger partial charge in [-0.05, 0) is 37.8 Å². The van der Waals surface area contributed by atoms with Crippen LogP contribution in [0, 0.1) is 5.92 Å². The Morgan fingerprint density at radius 1 is 1.14 bits per heavy atom. The number of rotatable bonds is 3. The Morgan fingerprint density at radius 3 is 2.71 bits per heavy atom. The van der Waals surface area contributed by atoms with Gasteiger partial charge in [0.05, 0.1) is 24.6 Å². The van der Waals surface area contributed by atoms with Crippen LogP contribution in [0.15, 0.2) is 36.5 Å². The molecule has 2 aliphatic heterocycles. The van der Waals surface area contributed by atoms with Crippen molar-refractivity contribution in [2.24, 2.45) is 5.92 Å². The lowest BCUT2D eigenvalue weighted by Gasteiger charge is -2.34. The normalized spacial score (nSPS) is 20.5. The highest BCUT2D eigenvalue weighted by Gasteiger charge is 2.33. The molecule has 146 valence electrons. The van der Waals surface area contributed by atoms with Gasteiger partial charge in [0, 0.05) is 43.1 Å². The van der Waals surface area contributed by atoms with Crippen molar-refractivity contribution < 1.29 is 9.53 Å². The average molecular weight is 378 g/mol. The third-order valence-electron chi connectivity index (χ3n) is 6.25. The number of allylic oxidation sites excluding steroid dienone is 2. The molecule has 0 aromatic carbocycles. The van der Waals surface area contributed by atoms with Crippen LogP contribution in [0.5, 0.6) is 0 Å². The number of amides is 1. The highest BCUT2D eigenvalue weighted by Crippen LogP contribution is 2.35. The van der Waals surface area contributed by atoms with E-state index in [2.05, 4.69) is 22.0 Å². The molecular weight excluding hydrogens is 352 g/mol. The van der Waals surface area contributed by atoms with Crippen molar-refractivity contribution in [2.45, 2.75) is 44.6 Å². The molecule has 0 radical (unpaired) electrons. The Hall–Kier alpha value is -2.47. The second-order valence-corrected chi connectivity index (χ2v) is 7.95. The predicted molar refractivity (Wildman–Crippen MR) is 105 cm³/mol. The minimum absolute atomic E-state index is 0.164. The Bertz CT molecular complexity index is 873. The maximum Gasteiger partial charge on any atom is 0.226 e. The maximum absolute atomic E-state index is 12.8. The number of likely N-dealkylation sites (tertiary alicyclic amines) is 1. The summed E-state index contributed by atoms with van der Waals surface area (Å²) in [5.74, 6) is 1.73. The third kappa shape index (κ3) is 3.15. The minimum atomic E-state index is 0.164. The van der Waals surface area contributed by atoms with Gasteiger partial charge in [0.2, 0.25) is 5.91 Å². The fraction of sp³-hybridized carbons (Fsp3) is 0.500. The highest BCUT2D eigenvalue weighted by atomic mass is 16.5. The molecule has 1 amide bonds. The molecule has 1 fully saturated rings. The zero-order valence-electron chi connectivity index (χ0n) is 16.1. The summed E-state index contributed by atoms with van der Waals surface area (Å²) in [4.78, 5) is 19.4. The van der Waals surface area contributed by atoms with Crippen molar-refractivity contribution in [3.05, 3.63) is 53.5 Å². The lowest BCUT2D eigenvalue weighted by molar-refractivity contribution is -0.136.